The van der Waals surface area contributed by atoms with Crippen molar-refractivity contribution in [3.63, 3.8) is 0 Å². The third-order valence-electron chi connectivity index (χ3n) is 5.06. The van der Waals surface area contributed by atoms with Crippen LogP contribution in [0.5, 0.6) is 0 Å². The number of hydrogen-bond donors (Lipinski definition) is 1. The fourth-order valence-corrected chi connectivity index (χ4v) is 3.82. The van der Waals surface area contributed by atoms with Crippen molar-refractivity contribution in [2.75, 3.05) is 19.6 Å². The van der Waals surface area contributed by atoms with Crippen molar-refractivity contribution < 1.29 is 14.0 Å². The molecule has 5 heteroatoms. The minimum absolute atomic E-state index is 0.0662. The number of aldehydes is 1. The summed E-state index contributed by atoms with van der Waals surface area (Å²) in [5.74, 6) is 0.955. The predicted molar refractivity (Wildman–Crippen MR) is 86.6 cm³/mol. The third kappa shape index (κ3) is 2.88. The predicted octanol–water partition coefficient (Wildman–Crippen LogP) is 2.46. The van der Waals surface area contributed by atoms with Crippen molar-refractivity contribution in [1.29, 1.82) is 0 Å². The second-order valence-electron chi connectivity index (χ2n) is 6.67. The summed E-state index contributed by atoms with van der Waals surface area (Å²) in [4.78, 5) is 25.8. The number of amides is 1. The van der Waals surface area contributed by atoms with Crippen LogP contribution >= 0.6 is 0 Å². The maximum atomic E-state index is 12.5. The fraction of sp³-hybridized carbons (Fsp3) is 0.444. The van der Waals surface area contributed by atoms with Crippen molar-refractivity contribution in [1.82, 2.24) is 10.2 Å². The lowest BCUT2D eigenvalue weighted by Gasteiger charge is -2.26. The maximum Gasteiger partial charge on any atom is 0.251 e. The van der Waals surface area contributed by atoms with Gasteiger partial charge in [-0.1, -0.05) is 6.07 Å². The highest BCUT2D eigenvalue weighted by Gasteiger charge is 2.29. The summed E-state index contributed by atoms with van der Waals surface area (Å²) < 4.78 is 5.41. The monoisotopic (exact) mass is 312 g/mol. The summed E-state index contributed by atoms with van der Waals surface area (Å²) in [6, 6.07) is 7.22. The molecule has 3 fully saturated rings. The van der Waals surface area contributed by atoms with Gasteiger partial charge < -0.3 is 14.6 Å². The second kappa shape index (κ2) is 5.81. The van der Waals surface area contributed by atoms with Crippen LogP contribution in [0.3, 0.4) is 0 Å². The molecule has 2 aromatic rings. The summed E-state index contributed by atoms with van der Waals surface area (Å²) in [6.07, 6.45) is 4.24. The van der Waals surface area contributed by atoms with E-state index in [4.69, 9.17) is 4.42 Å². The number of carbonyl (C=O) groups is 2. The van der Waals surface area contributed by atoms with Crippen LogP contribution < -0.4 is 5.32 Å². The van der Waals surface area contributed by atoms with Crippen LogP contribution in [0.4, 0.5) is 0 Å². The Kier molecular flexibility index (Phi) is 3.65. The van der Waals surface area contributed by atoms with Gasteiger partial charge in [0, 0.05) is 23.5 Å². The van der Waals surface area contributed by atoms with Gasteiger partial charge in [-0.25, -0.2) is 0 Å². The van der Waals surface area contributed by atoms with Crippen molar-refractivity contribution in [3.8, 4) is 0 Å². The van der Waals surface area contributed by atoms with Gasteiger partial charge in [-0.3, -0.25) is 9.59 Å². The molecule has 3 aliphatic heterocycles. The van der Waals surface area contributed by atoms with Gasteiger partial charge in [0.05, 0.1) is 0 Å². The molecule has 2 bridgehead atoms. The number of hydrogen-bond acceptors (Lipinski definition) is 4. The molecule has 1 atom stereocenters. The Bertz CT molecular complexity index is 730. The Labute approximate surface area is 134 Å². The molecule has 0 radical (unpaired) electrons. The Balaban J connectivity index is 1.51. The summed E-state index contributed by atoms with van der Waals surface area (Å²) in [6.45, 7) is 3.26. The molecule has 1 aromatic carbocycles. The van der Waals surface area contributed by atoms with E-state index in [9.17, 15) is 9.59 Å². The van der Waals surface area contributed by atoms with Gasteiger partial charge in [-0.2, -0.15) is 0 Å². The average molecular weight is 312 g/mol. The highest BCUT2D eigenvalue weighted by Crippen LogP contribution is 2.27. The van der Waals surface area contributed by atoms with E-state index in [0.717, 1.165) is 37.4 Å². The van der Waals surface area contributed by atoms with Gasteiger partial charge in [-0.05, 0) is 56.5 Å². The van der Waals surface area contributed by atoms with E-state index in [-0.39, 0.29) is 17.7 Å². The first-order chi connectivity index (χ1) is 11.2. The normalized spacial score (nSPS) is 26.9. The van der Waals surface area contributed by atoms with Crippen molar-refractivity contribution in [2.24, 2.45) is 5.92 Å². The standard InChI is InChI=1S/C18H20N2O3/c21-11-16-8-13-1-2-14(9-17(13)23-16)18(22)19-15-7-12-3-5-20(10-15)6-4-12/h1-2,8-9,11-12,15H,3-7,10H2,(H,19,22)/t15-/m1/s1. The zero-order valence-corrected chi connectivity index (χ0v) is 13.0. The lowest BCUT2D eigenvalue weighted by atomic mass is 9.94. The molecule has 1 N–H and O–H groups in total. The second-order valence-corrected chi connectivity index (χ2v) is 6.67. The van der Waals surface area contributed by atoms with E-state index in [0.29, 0.717) is 17.4 Å². The first-order valence-corrected chi connectivity index (χ1v) is 8.23. The first-order valence-electron chi connectivity index (χ1n) is 8.23. The van der Waals surface area contributed by atoms with Crippen LogP contribution in [-0.2, 0) is 0 Å². The highest BCUT2D eigenvalue weighted by atomic mass is 16.3. The van der Waals surface area contributed by atoms with Crippen LogP contribution in [0.15, 0.2) is 28.7 Å². The number of nitrogens with one attached hydrogen (secondary N) is 1. The van der Waals surface area contributed by atoms with Gasteiger partial charge in [0.2, 0.25) is 0 Å². The van der Waals surface area contributed by atoms with Crippen LogP contribution in [0.25, 0.3) is 11.0 Å². The third-order valence-corrected chi connectivity index (χ3v) is 5.06. The maximum absolute atomic E-state index is 12.5. The number of rotatable bonds is 3. The molecule has 0 spiro atoms. The molecule has 5 rings (SSSR count). The molecule has 1 aromatic heterocycles. The topological polar surface area (TPSA) is 62.6 Å². The summed E-state index contributed by atoms with van der Waals surface area (Å²) >= 11 is 0. The lowest BCUT2D eigenvalue weighted by molar-refractivity contribution is 0.0928. The Hall–Kier alpha value is -2.14. The molecular weight excluding hydrogens is 292 g/mol. The van der Waals surface area contributed by atoms with Gasteiger partial charge in [-0.15, -0.1) is 0 Å². The zero-order valence-electron chi connectivity index (χ0n) is 13.0. The van der Waals surface area contributed by atoms with E-state index >= 15 is 0 Å². The minimum atomic E-state index is -0.0662. The molecule has 120 valence electrons. The Morgan fingerprint density at radius 1 is 1.26 bits per heavy atom. The number of fused-ring (bicyclic) bond motifs is 5. The van der Waals surface area contributed by atoms with Gasteiger partial charge in [0.15, 0.2) is 12.0 Å². The molecule has 23 heavy (non-hydrogen) atoms. The number of carbonyl (C=O) groups excluding carboxylic acids is 2. The number of benzene rings is 1. The van der Waals surface area contributed by atoms with Gasteiger partial charge in [0.25, 0.3) is 5.91 Å². The molecule has 3 saturated heterocycles. The average Bonchev–Trinajstić information content (AvgIpc) is 2.77. The van der Waals surface area contributed by atoms with Crippen molar-refractivity contribution in [3.05, 3.63) is 35.6 Å². The van der Waals surface area contributed by atoms with Crippen molar-refractivity contribution >= 4 is 23.2 Å². The first kappa shape index (κ1) is 14.5. The van der Waals surface area contributed by atoms with Crippen molar-refractivity contribution in [2.45, 2.75) is 25.3 Å². The summed E-state index contributed by atoms with van der Waals surface area (Å²) in [5.41, 5.74) is 1.15. The quantitative estimate of drug-likeness (QED) is 0.884. The summed E-state index contributed by atoms with van der Waals surface area (Å²) in [7, 11) is 0. The smallest absolute Gasteiger partial charge is 0.251 e. The Morgan fingerprint density at radius 3 is 2.87 bits per heavy atom. The van der Waals surface area contributed by atoms with Gasteiger partial charge in [0.1, 0.15) is 5.58 Å². The van der Waals surface area contributed by atoms with Gasteiger partial charge >= 0.3 is 0 Å². The fourth-order valence-electron chi connectivity index (χ4n) is 3.82. The number of piperidine rings is 1. The summed E-state index contributed by atoms with van der Waals surface area (Å²) in [5, 5.41) is 4.01. The molecule has 0 aliphatic carbocycles. The molecule has 0 saturated carbocycles. The van der Waals surface area contributed by atoms with Crippen LogP contribution in [-0.4, -0.2) is 42.8 Å². The van der Waals surface area contributed by atoms with Crippen LogP contribution in [0.1, 0.15) is 40.2 Å². The molecule has 3 aliphatic rings. The largest absolute Gasteiger partial charge is 0.453 e. The SMILES string of the molecule is O=Cc1cc2ccc(C(=O)N[C@@H]3CC4CCN(CC4)C3)cc2o1. The Morgan fingerprint density at radius 2 is 2.09 bits per heavy atom. The van der Waals surface area contributed by atoms with E-state index in [1.807, 2.05) is 6.07 Å². The van der Waals surface area contributed by atoms with E-state index in [2.05, 4.69) is 10.2 Å². The minimum Gasteiger partial charge on any atom is -0.453 e. The molecule has 5 nitrogen and oxygen atoms in total. The van der Waals surface area contributed by atoms with Crippen LogP contribution in [0, 0.1) is 5.92 Å². The number of nitrogens with zero attached hydrogens (tertiary/aromatic N) is 1. The number of furan rings is 1. The van der Waals surface area contributed by atoms with E-state index in [1.165, 1.54) is 12.8 Å². The molecule has 0 unspecified atom stereocenters. The van der Waals surface area contributed by atoms with E-state index < -0.39 is 0 Å². The van der Waals surface area contributed by atoms with Crippen LogP contribution in [0.2, 0.25) is 0 Å². The van der Waals surface area contributed by atoms with E-state index in [1.54, 1.807) is 18.2 Å². The molecule has 1 amide bonds. The lowest BCUT2D eigenvalue weighted by Crippen LogP contribution is -2.41. The zero-order chi connectivity index (χ0) is 15.8. The molecular formula is C18H20N2O3. The molecule has 4 heterocycles. The highest BCUT2D eigenvalue weighted by molar-refractivity contribution is 5.98.